The van der Waals surface area contributed by atoms with Gasteiger partial charge in [0.1, 0.15) is 5.01 Å². The fraction of sp³-hybridized carbons (Fsp3) is 0.0556. The van der Waals surface area contributed by atoms with Crippen LogP contribution >= 0.6 is 11.3 Å². The second kappa shape index (κ2) is 6.94. The molecular weight excluding hydrogens is 320 g/mol. The van der Waals surface area contributed by atoms with Gasteiger partial charge in [0.05, 0.1) is 23.7 Å². The van der Waals surface area contributed by atoms with Crippen molar-refractivity contribution in [3.8, 4) is 16.6 Å². The van der Waals surface area contributed by atoms with E-state index in [1.165, 1.54) is 11.3 Å². The first-order chi connectivity index (χ1) is 11.7. The summed E-state index contributed by atoms with van der Waals surface area (Å²) in [4.78, 5) is 16.6. The van der Waals surface area contributed by atoms with Crippen molar-refractivity contribution in [3.63, 3.8) is 0 Å². The van der Waals surface area contributed by atoms with E-state index in [2.05, 4.69) is 10.3 Å². The largest absolute Gasteiger partial charge is 0.398 e. The summed E-state index contributed by atoms with van der Waals surface area (Å²) >= 11 is 1.46. The molecule has 0 saturated carbocycles. The number of amides is 1. The van der Waals surface area contributed by atoms with Crippen LogP contribution in [0.2, 0.25) is 0 Å². The summed E-state index contributed by atoms with van der Waals surface area (Å²) in [5.74, 6) is -0.178. The number of anilines is 2. The second-order valence-electron chi connectivity index (χ2n) is 5.15. The van der Waals surface area contributed by atoms with Crippen molar-refractivity contribution in [3.05, 3.63) is 65.2 Å². The molecule has 5 nitrogen and oxygen atoms in total. The zero-order valence-electron chi connectivity index (χ0n) is 12.7. The highest BCUT2D eigenvalue weighted by Gasteiger charge is 2.11. The Kier molecular flexibility index (Phi) is 4.54. The molecular formula is C18H14N4OS. The number of carbonyl (C=O) groups is 1. The monoisotopic (exact) mass is 334 g/mol. The average Bonchev–Trinajstić information content (AvgIpc) is 3.03. The van der Waals surface area contributed by atoms with Gasteiger partial charge in [-0.1, -0.05) is 18.2 Å². The number of aromatic nitrogens is 1. The zero-order chi connectivity index (χ0) is 16.9. The number of nitrogens with one attached hydrogen (secondary N) is 1. The average molecular weight is 334 g/mol. The molecule has 0 saturated heterocycles. The normalized spacial score (nSPS) is 10.1. The summed E-state index contributed by atoms with van der Waals surface area (Å²) < 4.78 is 0. The minimum Gasteiger partial charge on any atom is -0.398 e. The molecule has 0 aliphatic rings. The van der Waals surface area contributed by atoms with Crippen LogP contribution in [-0.4, -0.2) is 10.9 Å². The maximum atomic E-state index is 12.1. The summed E-state index contributed by atoms with van der Waals surface area (Å²) in [7, 11) is 0. The number of benzene rings is 2. The summed E-state index contributed by atoms with van der Waals surface area (Å²) in [5, 5.41) is 14.3. The van der Waals surface area contributed by atoms with Gasteiger partial charge in [0.15, 0.2) is 0 Å². The van der Waals surface area contributed by atoms with Crippen LogP contribution in [0.5, 0.6) is 0 Å². The van der Waals surface area contributed by atoms with Gasteiger partial charge in [0, 0.05) is 22.3 Å². The van der Waals surface area contributed by atoms with E-state index in [0.29, 0.717) is 22.6 Å². The number of nitrogens with two attached hydrogens (primary N) is 1. The molecule has 0 spiro atoms. The van der Waals surface area contributed by atoms with Crippen LogP contribution < -0.4 is 11.1 Å². The predicted octanol–water partition coefficient (Wildman–Crippen LogP) is 3.45. The quantitative estimate of drug-likeness (QED) is 0.715. The highest BCUT2D eigenvalue weighted by molar-refractivity contribution is 7.13. The minimum atomic E-state index is -0.178. The first-order valence-corrected chi connectivity index (χ1v) is 8.13. The molecule has 0 bridgehead atoms. The molecule has 3 aromatic rings. The molecule has 1 heterocycles. The molecule has 1 amide bonds. The maximum Gasteiger partial charge on any atom is 0.230 e. The van der Waals surface area contributed by atoms with Crippen LogP contribution in [0.3, 0.4) is 0 Å². The lowest BCUT2D eigenvalue weighted by molar-refractivity contribution is -0.115. The van der Waals surface area contributed by atoms with E-state index in [4.69, 9.17) is 11.0 Å². The fourth-order valence-corrected chi connectivity index (χ4v) is 3.11. The van der Waals surface area contributed by atoms with Crippen LogP contribution in [0.4, 0.5) is 11.4 Å². The number of para-hydroxylation sites is 1. The number of rotatable bonds is 4. The van der Waals surface area contributed by atoms with Crippen molar-refractivity contribution < 1.29 is 4.79 Å². The summed E-state index contributed by atoms with van der Waals surface area (Å²) in [5.41, 5.74) is 9.28. The van der Waals surface area contributed by atoms with Crippen LogP contribution in [0.15, 0.2) is 53.9 Å². The molecule has 0 fully saturated rings. The van der Waals surface area contributed by atoms with Gasteiger partial charge in [-0.3, -0.25) is 4.79 Å². The van der Waals surface area contributed by atoms with Crippen LogP contribution in [-0.2, 0) is 11.2 Å². The Morgan fingerprint density at radius 2 is 2.08 bits per heavy atom. The predicted molar refractivity (Wildman–Crippen MR) is 95.5 cm³/mol. The first-order valence-electron chi connectivity index (χ1n) is 7.25. The molecule has 0 atom stereocenters. The van der Waals surface area contributed by atoms with Crippen molar-refractivity contribution in [1.29, 1.82) is 5.26 Å². The van der Waals surface area contributed by atoms with Crippen LogP contribution in [0.1, 0.15) is 11.3 Å². The first kappa shape index (κ1) is 15.7. The molecule has 118 valence electrons. The number of nitrogens with zero attached hydrogens (tertiary/aromatic N) is 2. The van der Waals surface area contributed by atoms with E-state index in [0.717, 1.165) is 10.6 Å². The highest BCUT2D eigenvalue weighted by atomic mass is 32.1. The highest BCUT2D eigenvalue weighted by Crippen LogP contribution is 2.28. The van der Waals surface area contributed by atoms with Gasteiger partial charge in [-0.25, -0.2) is 4.98 Å². The van der Waals surface area contributed by atoms with Crippen molar-refractivity contribution in [2.45, 2.75) is 6.42 Å². The molecule has 0 aliphatic carbocycles. The van der Waals surface area contributed by atoms with Crippen molar-refractivity contribution in [2.24, 2.45) is 0 Å². The Balaban J connectivity index is 1.69. The van der Waals surface area contributed by atoms with Crippen LogP contribution in [0, 0.1) is 11.3 Å². The molecule has 1 aromatic heterocycles. The number of carbonyl (C=O) groups excluding carboxylic acids is 1. The van der Waals surface area contributed by atoms with Gasteiger partial charge in [-0.15, -0.1) is 11.3 Å². The van der Waals surface area contributed by atoms with E-state index >= 15 is 0 Å². The third kappa shape index (κ3) is 3.59. The number of nitriles is 1. The molecule has 2 aromatic carbocycles. The minimum absolute atomic E-state index is 0.167. The molecule has 24 heavy (non-hydrogen) atoms. The van der Waals surface area contributed by atoms with Gasteiger partial charge in [0.2, 0.25) is 5.91 Å². The van der Waals surface area contributed by atoms with Gasteiger partial charge in [0.25, 0.3) is 0 Å². The van der Waals surface area contributed by atoms with Gasteiger partial charge in [-0.05, 0) is 30.3 Å². The van der Waals surface area contributed by atoms with Crippen LogP contribution in [0.25, 0.3) is 10.6 Å². The number of thiazole rings is 1. The van der Waals surface area contributed by atoms with Gasteiger partial charge in [-0.2, -0.15) is 5.26 Å². The number of nitrogen functional groups attached to an aromatic ring is 1. The molecule has 0 unspecified atom stereocenters. The standard InChI is InChI=1S/C18H14N4OS/c19-10-12-4-3-5-13(8-12)21-17(23)9-14-11-24-18(22-14)15-6-1-2-7-16(15)20/h1-8,11H,9,20H2,(H,21,23). The zero-order valence-corrected chi connectivity index (χ0v) is 13.5. The molecule has 0 radical (unpaired) electrons. The van der Waals surface area contributed by atoms with Gasteiger partial charge >= 0.3 is 0 Å². The molecule has 3 rings (SSSR count). The Labute approximate surface area is 143 Å². The Morgan fingerprint density at radius 1 is 1.25 bits per heavy atom. The molecule has 0 aliphatic heterocycles. The van der Waals surface area contributed by atoms with Gasteiger partial charge < -0.3 is 11.1 Å². The Bertz CT molecular complexity index is 927. The maximum absolute atomic E-state index is 12.1. The van der Waals surface area contributed by atoms with Crippen molar-refractivity contribution >= 4 is 28.6 Å². The lowest BCUT2D eigenvalue weighted by atomic mass is 10.2. The smallest absolute Gasteiger partial charge is 0.230 e. The third-order valence-electron chi connectivity index (χ3n) is 3.36. The van der Waals surface area contributed by atoms with E-state index in [9.17, 15) is 4.79 Å². The Morgan fingerprint density at radius 3 is 2.88 bits per heavy atom. The van der Waals surface area contributed by atoms with E-state index in [1.54, 1.807) is 24.3 Å². The van der Waals surface area contributed by atoms with E-state index < -0.39 is 0 Å². The lowest BCUT2D eigenvalue weighted by Gasteiger charge is -2.04. The fourth-order valence-electron chi connectivity index (χ4n) is 2.24. The molecule has 3 N–H and O–H groups in total. The summed E-state index contributed by atoms with van der Waals surface area (Å²) in [6.45, 7) is 0. The summed E-state index contributed by atoms with van der Waals surface area (Å²) in [6, 6.07) is 16.3. The topological polar surface area (TPSA) is 91.8 Å². The third-order valence-corrected chi connectivity index (χ3v) is 4.28. The number of hydrogen-bond acceptors (Lipinski definition) is 5. The van der Waals surface area contributed by atoms with E-state index in [1.807, 2.05) is 35.7 Å². The van der Waals surface area contributed by atoms with Crippen molar-refractivity contribution in [2.75, 3.05) is 11.1 Å². The van der Waals surface area contributed by atoms with Crippen molar-refractivity contribution in [1.82, 2.24) is 4.98 Å². The lowest BCUT2D eigenvalue weighted by Crippen LogP contribution is -2.14. The molecule has 6 heteroatoms. The Hall–Kier alpha value is -3.17. The summed E-state index contributed by atoms with van der Waals surface area (Å²) in [6.07, 6.45) is 0.167. The second-order valence-corrected chi connectivity index (χ2v) is 6.01. The SMILES string of the molecule is N#Cc1cccc(NC(=O)Cc2csc(-c3ccccc3N)n2)c1. The number of hydrogen-bond donors (Lipinski definition) is 2. The van der Waals surface area contributed by atoms with E-state index in [-0.39, 0.29) is 12.3 Å².